The molecule has 0 fully saturated rings. The summed E-state index contributed by atoms with van der Waals surface area (Å²) in [5.74, 6) is 2.04. The van der Waals surface area contributed by atoms with Crippen LogP contribution in [-0.4, -0.2) is 34.0 Å². The summed E-state index contributed by atoms with van der Waals surface area (Å²) in [6.07, 6.45) is 0. The SMILES string of the molecule is CC(C(=O)NCC(C)(C)c1ccc2c(c1)OCO2)n1c(-c2cccs2)n[nH]c1=S. The van der Waals surface area contributed by atoms with Gasteiger partial charge in [-0.15, -0.1) is 11.3 Å². The fraction of sp³-hybridized carbons (Fsp3) is 0.350. The molecule has 0 radical (unpaired) electrons. The third-order valence-corrected chi connectivity index (χ3v) is 6.23. The molecule has 0 bridgehead atoms. The molecule has 3 aromatic rings. The smallest absolute Gasteiger partial charge is 0.242 e. The molecule has 0 saturated heterocycles. The summed E-state index contributed by atoms with van der Waals surface area (Å²) in [6.45, 7) is 6.69. The molecule has 1 unspecified atom stereocenters. The first-order valence-electron chi connectivity index (χ1n) is 9.25. The topological polar surface area (TPSA) is 81.2 Å². The number of ether oxygens (including phenoxy) is 2. The maximum Gasteiger partial charge on any atom is 0.242 e. The second-order valence-corrected chi connectivity index (χ2v) is 8.88. The molecule has 3 heterocycles. The summed E-state index contributed by atoms with van der Waals surface area (Å²) in [7, 11) is 0. The molecule has 1 aromatic carbocycles. The largest absolute Gasteiger partial charge is 0.454 e. The number of carbonyl (C=O) groups excluding carboxylic acids is 1. The molecular weight excluding hydrogens is 408 g/mol. The monoisotopic (exact) mass is 430 g/mol. The van der Waals surface area contributed by atoms with E-state index in [2.05, 4.69) is 29.4 Å². The third kappa shape index (κ3) is 3.79. The molecule has 1 aliphatic heterocycles. The number of hydrogen-bond donors (Lipinski definition) is 2. The summed E-state index contributed by atoms with van der Waals surface area (Å²) in [4.78, 5) is 13.9. The minimum Gasteiger partial charge on any atom is -0.454 e. The van der Waals surface area contributed by atoms with Crippen molar-refractivity contribution >= 4 is 29.5 Å². The standard InChI is InChI=1S/C20H22N4O3S2/c1-12(24-17(22-23-19(24)28)16-5-4-8-29-16)18(25)21-10-20(2,3)13-6-7-14-15(9-13)27-11-26-14/h4-9,12H,10-11H2,1-3H3,(H,21,25)(H,23,28). The average molecular weight is 431 g/mol. The summed E-state index contributed by atoms with van der Waals surface area (Å²) >= 11 is 6.92. The van der Waals surface area contributed by atoms with Gasteiger partial charge in [0.15, 0.2) is 22.1 Å². The fourth-order valence-corrected chi connectivity index (χ4v) is 4.24. The molecule has 9 heteroatoms. The highest BCUT2D eigenvalue weighted by Gasteiger charge is 2.27. The summed E-state index contributed by atoms with van der Waals surface area (Å²) in [6, 6.07) is 9.29. The highest BCUT2D eigenvalue weighted by atomic mass is 32.1. The van der Waals surface area contributed by atoms with Crippen LogP contribution in [-0.2, 0) is 10.2 Å². The van der Waals surface area contributed by atoms with E-state index in [1.165, 1.54) is 0 Å². The van der Waals surface area contributed by atoms with Crippen molar-refractivity contribution in [1.82, 2.24) is 20.1 Å². The van der Waals surface area contributed by atoms with Crippen molar-refractivity contribution in [3.63, 3.8) is 0 Å². The van der Waals surface area contributed by atoms with Crippen LogP contribution in [0.4, 0.5) is 0 Å². The Labute approximate surface area is 177 Å². The minimum atomic E-state index is -0.495. The van der Waals surface area contributed by atoms with Gasteiger partial charge in [-0.1, -0.05) is 26.0 Å². The number of aromatic nitrogens is 3. The van der Waals surface area contributed by atoms with Crippen molar-refractivity contribution in [2.75, 3.05) is 13.3 Å². The van der Waals surface area contributed by atoms with Crippen molar-refractivity contribution in [3.8, 4) is 22.2 Å². The average Bonchev–Trinajstić information content (AvgIpc) is 3.45. The predicted molar refractivity (Wildman–Crippen MR) is 114 cm³/mol. The Morgan fingerprint density at radius 3 is 2.93 bits per heavy atom. The van der Waals surface area contributed by atoms with E-state index < -0.39 is 6.04 Å². The molecule has 7 nitrogen and oxygen atoms in total. The number of aromatic amines is 1. The Morgan fingerprint density at radius 1 is 1.38 bits per heavy atom. The maximum absolute atomic E-state index is 12.9. The van der Waals surface area contributed by atoms with Crippen LogP contribution >= 0.6 is 23.6 Å². The van der Waals surface area contributed by atoms with Crippen LogP contribution < -0.4 is 14.8 Å². The lowest BCUT2D eigenvalue weighted by molar-refractivity contribution is -0.124. The Bertz CT molecular complexity index is 1090. The maximum atomic E-state index is 12.9. The lowest BCUT2D eigenvalue weighted by atomic mass is 9.84. The summed E-state index contributed by atoms with van der Waals surface area (Å²) in [5, 5.41) is 12.1. The number of H-pyrrole nitrogens is 1. The van der Waals surface area contributed by atoms with E-state index in [0.717, 1.165) is 21.9 Å². The minimum absolute atomic E-state index is 0.117. The first kappa shape index (κ1) is 19.7. The summed E-state index contributed by atoms with van der Waals surface area (Å²) in [5.41, 5.74) is 0.777. The molecule has 4 rings (SSSR count). The quantitative estimate of drug-likeness (QED) is 0.577. The molecule has 0 saturated carbocycles. The van der Waals surface area contributed by atoms with E-state index >= 15 is 0 Å². The summed E-state index contributed by atoms with van der Waals surface area (Å²) < 4.78 is 13.0. The molecule has 2 aromatic heterocycles. The molecule has 29 heavy (non-hydrogen) atoms. The number of amides is 1. The number of carbonyl (C=O) groups is 1. The van der Waals surface area contributed by atoms with E-state index in [0.29, 0.717) is 17.1 Å². The zero-order chi connectivity index (χ0) is 20.6. The molecule has 2 N–H and O–H groups in total. The third-order valence-electron chi connectivity index (χ3n) is 5.07. The van der Waals surface area contributed by atoms with Crippen LogP contribution in [0.15, 0.2) is 35.7 Å². The zero-order valence-corrected chi connectivity index (χ0v) is 18.0. The normalized spacial score (nSPS) is 14.0. The molecular formula is C20H22N4O3S2. The highest BCUT2D eigenvalue weighted by Crippen LogP contribution is 2.36. The van der Waals surface area contributed by atoms with Crippen molar-refractivity contribution in [2.24, 2.45) is 0 Å². The van der Waals surface area contributed by atoms with Crippen LogP contribution in [0, 0.1) is 4.77 Å². The number of nitrogens with one attached hydrogen (secondary N) is 2. The Morgan fingerprint density at radius 2 is 2.17 bits per heavy atom. The number of hydrogen-bond acceptors (Lipinski definition) is 6. The van der Waals surface area contributed by atoms with Gasteiger partial charge in [0.25, 0.3) is 0 Å². The van der Waals surface area contributed by atoms with Crippen molar-refractivity contribution in [3.05, 3.63) is 46.0 Å². The number of benzene rings is 1. The fourth-order valence-electron chi connectivity index (χ4n) is 3.24. The van der Waals surface area contributed by atoms with E-state index in [4.69, 9.17) is 21.7 Å². The molecule has 1 amide bonds. The van der Waals surface area contributed by atoms with E-state index in [1.807, 2.05) is 42.6 Å². The molecule has 152 valence electrons. The second-order valence-electron chi connectivity index (χ2n) is 7.55. The van der Waals surface area contributed by atoms with Gasteiger partial charge in [-0.25, -0.2) is 0 Å². The van der Waals surface area contributed by atoms with Crippen molar-refractivity contribution in [1.29, 1.82) is 0 Å². The lowest BCUT2D eigenvalue weighted by Gasteiger charge is -2.27. The number of rotatable bonds is 6. The molecule has 0 aliphatic carbocycles. The first-order valence-corrected chi connectivity index (χ1v) is 10.5. The lowest BCUT2D eigenvalue weighted by Crippen LogP contribution is -2.39. The van der Waals surface area contributed by atoms with Crippen molar-refractivity contribution < 1.29 is 14.3 Å². The van der Waals surface area contributed by atoms with Gasteiger partial charge in [-0.2, -0.15) is 5.10 Å². The van der Waals surface area contributed by atoms with Crippen LogP contribution in [0.3, 0.4) is 0 Å². The second kappa shape index (κ2) is 7.64. The van der Waals surface area contributed by atoms with Gasteiger partial charge in [0.05, 0.1) is 4.88 Å². The van der Waals surface area contributed by atoms with Gasteiger partial charge in [0.2, 0.25) is 12.7 Å². The molecule has 1 atom stereocenters. The molecule has 1 aliphatic rings. The van der Waals surface area contributed by atoms with Crippen molar-refractivity contribution in [2.45, 2.75) is 32.2 Å². The van der Waals surface area contributed by atoms with Crippen LogP contribution in [0.25, 0.3) is 10.7 Å². The van der Waals surface area contributed by atoms with Gasteiger partial charge in [-0.05, 0) is 48.3 Å². The van der Waals surface area contributed by atoms with E-state index in [1.54, 1.807) is 15.9 Å². The Balaban J connectivity index is 1.49. The Hall–Kier alpha value is -2.65. The predicted octanol–water partition coefficient (Wildman–Crippen LogP) is 4.05. The number of thiophene rings is 1. The van der Waals surface area contributed by atoms with Gasteiger partial charge in [-0.3, -0.25) is 14.5 Å². The van der Waals surface area contributed by atoms with Crippen LogP contribution in [0.1, 0.15) is 32.4 Å². The van der Waals surface area contributed by atoms with Crippen LogP contribution in [0.2, 0.25) is 0 Å². The highest BCUT2D eigenvalue weighted by molar-refractivity contribution is 7.71. The van der Waals surface area contributed by atoms with Gasteiger partial charge < -0.3 is 14.8 Å². The van der Waals surface area contributed by atoms with Gasteiger partial charge >= 0.3 is 0 Å². The molecule has 0 spiro atoms. The van der Waals surface area contributed by atoms with Gasteiger partial charge in [0, 0.05) is 12.0 Å². The van der Waals surface area contributed by atoms with E-state index in [9.17, 15) is 4.79 Å². The Kier molecular flexibility index (Phi) is 5.18. The zero-order valence-electron chi connectivity index (χ0n) is 16.4. The number of fused-ring (bicyclic) bond motifs is 1. The van der Waals surface area contributed by atoms with E-state index in [-0.39, 0.29) is 18.1 Å². The van der Waals surface area contributed by atoms with Gasteiger partial charge in [0.1, 0.15) is 6.04 Å². The number of nitrogens with zero attached hydrogens (tertiary/aromatic N) is 2. The first-order chi connectivity index (χ1) is 13.9. The van der Waals surface area contributed by atoms with Crippen LogP contribution in [0.5, 0.6) is 11.5 Å².